The number of carboxylic acid groups (broad SMARTS) is 1. The normalized spacial score (nSPS) is 14.9. The molecule has 0 fully saturated rings. The molecule has 0 saturated heterocycles. The van der Waals surface area contributed by atoms with Gasteiger partial charge in [-0.3, -0.25) is 9.59 Å². The highest BCUT2D eigenvalue weighted by Crippen LogP contribution is 2.36. The molecule has 23 heavy (non-hydrogen) atoms. The number of benzene rings is 1. The molecule has 0 spiro atoms. The lowest BCUT2D eigenvalue weighted by Gasteiger charge is -2.26. The molecule has 0 heterocycles. The van der Waals surface area contributed by atoms with Gasteiger partial charge in [-0.15, -0.1) is 0 Å². The third-order valence-electron chi connectivity index (χ3n) is 2.91. The molecular weight excluding hydrogens is 315 g/mol. The van der Waals surface area contributed by atoms with Gasteiger partial charge in [-0.1, -0.05) is 18.2 Å². The second kappa shape index (κ2) is 6.57. The molecule has 1 rings (SSSR count). The largest absolute Gasteiger partial charge is 0.481 e. The van der Waals surface area contributed by atoms with Crippen molar-refractivity contribution in [3.8, 4) is 0 Å². The molecule has 5 nitrogen and oxygen atoms in total. The Kier molecular flexibility index (Phi) is 5.42. The zero-order valence-corrected chi connectivity index (χ0v) is 12.8. The van der Waals surface area contributed by atoms with Gasteiger partial charge in [0.25, 0.3) is 0 Å². The number of carbonyl (C=O) groups is 2. The molecule has 0 saturated carbocycles. The SMILES string of the molecule is CC(C)(C)OC(=O)C(C(=O)O)C(N)c1ccccc1C(F)(F)F. The average molecular weight is 333 g/mol. The molecule has 0 aliphatic rings. The first-order chi connectivity index (χ1) is 10.3. The molecule has 3 N–H and O–H groups in total. The standard InChI is InChI=1S/C15H18F3NO4/c1-14(2,3)23-13(22)10(12(20)21)11(19)8-6-4-5-7-9(8)15(16,17)18/h4-7,10-11H,19H2,1-3H3,(H,20,21). The molecule has 0 radical (unpaired) electrons. The third-order valence-corrected chi connectivity index (χ3v) is 2.91. The monoisotopic (exact) mass is 333 g/mol. The summed E-state index contributed by atoms with van der Waals surface area (Å²) in [4.78, 5) is 23.4. The van der Waals surface area contributed by atoms with E-state index in [-0.39, 0.29) is 0 Å². The number of hydrogen-bond donors (Lipinski definition) is 2. The van der Waals surface area contributed by atoms with Gasteiger partial charge in [0.2, 0.25) is 0 Å². The predicted octanol–water partition coefficient (Wildman–Crippen LogP) is 2.75. The second-order valence-corrected chi connectivity index (χ2v) is 5.96. The zero-order chi connectivity index (χ0) is 18.0. The minimum absolute atomic E-state index is 0.474. The summed E-state index contributed by atoms with van der Waals surface area (Å²) in [7, 11) is 0. The lowest BCUT2D eigenvalue weighted by atomic mass is 9.90. The van der Waals surface area contributed by atoms with Crippen LogP contribution in [0.3, 0.4) is 0 Å². The summed E-state index contributed by atoms with van der Waals surface area (Å²) in [6.07, 6.45) is -4.72. The summed E-state index contributed by atoms with van der Waals surface area (Å²) in [5.74, 6) is -4.78. The van der Waals surface area contributed by atoms with Gasteiger partial charge < -0.3 is 15.6 Å². The minimum atomic E-state index is -4.72. The van der Waals surface area contributed by atoms with E-state index < -0.39 is 46.8 Å². The van der Waals surface area contributed by atoms with Gasteiger partial charge in [-0.05, 0) is 32.4 Å². The number of halogens is 3. The van der Waals surface area contributed by atoms with Crippen LogP contribution in [0.2, 0.25) is 0 Å². The van der Waals surface area contributed by atoms with Crippen molar-refractivity contribution in [1.82, 2.24) is 0 Å². The Morgan fingerprint density at radius 3 is 2.13 bits per heavy atom. The van der Waals surface area contributed by atoms with E-state index >= 15 is 0 Å². The maximum absolute atomic E-state index is 13.0. The van der Waals surface area contributed by atoms with E-state index in [9.17, 15) is 27.9 Å². The molecule has 0 aromatic heterocycles. The van der Waals surface area contributed by atoms with Crippen molar-refractivity contribution < 1.29 is 32.6 Å². The van der Waals surface area contributed by atoms with E-state index in [1.165, 1.54) is 26.8 Å². The minimum Gasteiger partial charge on any atom is -0.481 e. The molecule has 0 aliphatic carbocycles. The van der Waals surface area contributed by atoms with Crippen molar-refractivity contribution >= 4 is 11.9 Å². The van der Waals surface area contributed by atoms with Gasteiger partial charge >= 0.3 is 18.1 Å². The molecule has 2 atom stereocenters. The van der Waals surface area contributed by atoms with Gasteiger partial charge in [-0.2, -0.15) is 13.2 Å². The zero-order valence-electron chi connectivity index (χ0n) is 12.8. The number of esters is 1. The Hall–Kier alpha value is -2.09. The van der Waals surface area contributed by atoms with Gasteiger partial charge in [-0.25, -0.2) is 0 Å². The third kappa shape index (κ3) is 4.95. The van der Waals surface area contributed by atoms with E-state index in [1.54, 1.807) is 0 Å². The number of rotatable bonds is 4. The molecular formula is C15H18F3NO4. The summed E-state index contributed by atoms with van der Waals surface area (Å²) in [6, 6.07) is 2.58. The highest BCUT2D eigenvalue weighted by atomic mass is 19.4. The van der Waals surface area contributed by atoms with Crippen LogP contribution < -0.4 is 5.73 Å². The summed E-state index contributed by atoms with van der Waals surface area (Å²) in [5.41, 5.74) is 3.13. The summed E-state index contributed by atoms with van der Waals surface area (Å²) < 4.78 is 44.0. The smallest absolute Gasteiger partial charge is 0.416 e. The number of aliphatic carboxylic acids is 1. The van der Waals surface area contributed by atoms with E-state index in [4.69, 9.17) is 10.5 Å². The van der Waals surface area contributed by atoms with Gasteiger partial charge in [0.15, 0.2) is 5.92 Å². The molecule has 128 valence electrons. The number of carbonyl (C=O) groups excluding carboxylic acids is 1. The van der Waals surface area contributed by atoms with Crippen molar-refractivity contribution in [3.05, 3.63) is 35.4 Å². The van der Waals surface area contributed by atoms with Crippen molar-refractivity contribution in [2.45, 2.75) is 38.6 Å². The first-order valence-corrected chi connectivity index (χ1v) is 6.72. The molecule has 2 unspecified atom stereocenters. The van der Waals surface area contributed by atoms with Crippen LogP contribution in [0.1, 0.15) is 37.9 Å². The predicted molar refractivity (Wildman–Crippen MR) is 75.3 cm³/mol. The lowest BCUT2D eigenvalue weighted by Crippen LogP contribution is -2.39. The van der Waals surface area contributed by atoms with Crippen LogP contribution in [-0.4, -0.2) is 22.6 Å². The Morgan fingerprint density at radius 1 is 1.17 bits per heavy atom. The topological polar surface area (TPSA) is 89.6 Å². The van der Waals surface area contributed by atoms with E-state index in [2.05, 4.69) is 0 Å². The van der Waals surface area contributed by atoms with E-state index in [0.29, 0.717) is 0 Å². The maximum Gasteiger partial charge on any atom is 0.416 e. The molecule has 0 bridgehead atoms. The average Bonchev–Trinajstić information content (AvgIpc) is 2.35. The van der Waals surface area contributed by atoms with Gasteiger partial charge in [0.1, 0.15) is 5.60 Å². The Balaban J connectivity index is 3.26. The molecule has 1 aromatic carbocycles. The maximum atomic E-state index is 13.0. The quantitative estimate of drug-likeness (QED) is 0.653. The van der Waals surface area contributed by atoms with Crippen molar-refractivity contribution in [3.63, 3.8) is 0 Å². The van der Waals surface area contributed by atoms with Crippen LogP contribution in [-0.2, 0) is 20.5 Å². The highest BCUT2D eigenvalue weighted by molar-refractivity contribution is 5.95. The molecule has 1 aromatic rings. The number of alkyl halides is 3. The number of carboxylic acids is 1. The van der Waals surface area contributed by atoms with Crippen LogP contribution >= 0.6 is 0 Å². The summed E-state index contributed by atoms with van der Waals surface area (Å²) in [6.45, 7) is 4.54. The summed E-state index contributed by atoms with van der Waals surface area (Å²) >= 11 is 0. The number of hydrogen-bond acceptors (Lipinski definition) is 4. The Morgan fingerprint density at radius 2 is 1.70 bits per heavy atom. The fraction of sp³-hybridized carbons (Fsp3) is 0.467. The fourth-order valence-corrected chi connectivity index (χ4v) is 1.99. The molecule has 0 aliphatic heterocycles. The van der Waals surface area contributed by atoms with Crippen LogP contribution in [0.4, 0.5) is 13.2 Å². The van der Waals surface area contributed by atoms with E-state index in [0.717, 1.165) is 18.2 Å². The number of ether oxygens (including phenoxy) is 1. The van der Waals surface area contributed by atoms with Crippen LogP contribution in [0.25, 0.3) is 0 Å². The Labute approximate surface area is 131 Å². The van der Waals surface area contributed by atoms with Crippen LogP contribution in [0.5, 0.6) is 0 Å². The van der Waals surface area contributed by atoms with Crippen LogP contribution in [0.15, 0.2) is 24.3 Å². The van der Waals surface area contributed by atoms with E-state index in [1.807, 2.05) is 0 Å². The first kappa shape index (κ1) is 19.0. The van der Waals surface area contributed by atoms with Crippen LogP contribution in [0, 0.1) is 5.92 Å². The fourth-order valence-electron chi connectivity index (χ4n) is 1.99. The lowest BCUT2D eigenvalue weighted by molar-refractivity contribution is -0.168. The Bertz CT molecular complexity index is 593. The van der Waals surface area contributed by atoms with Crippen molar-refractivity contribution in [2.75, 3.05) is 0 Å². The molecule has 8 heteroatoms. The number of nitrogens with two attached hydrogens (primary N) is 1. The van der Waals surface area contributed by atoms with Gasteiger partial charge in [0.05, 0.1) is 11.6 Å². The van der Waals surface area contributed by atoms with Gasteiger partial charge in [0, 0.05) is 0 Å². The summed E-state index contributed by atoms with van der Waals surface area (Å²) in [5, 5.41) is 9.20. The molecule has 0 amide bonds. The second-order valence-electron chi connectivity index (χ2n) is 5.96. The first-order valence-electron chi connectivity index (χ1n) is 6.72. The highest BCUT2D eigenvalue weighted by Gasteiger charge is 2.41. The van der Waals surface area contributed by atoms with Crippen molar-refractivity contribution in [2.24, 2.45) is 11.7 Å². The van der Waals surface area contributed by atoms with Crippen molar-refractivity contribution in [1.29, 1.82) is 0 Å².